The number of rotatable bonds is 7. The number of aliphatic hydroxyl groups is 1. The van der Waals surface area contributed by atoms with Crippen molar-refractivity contribution in [2.75, 3.05) is 13.6 Å². The van der Waals surface area contributed by atoms with Gasteiger partial charge in [-0.2, -0.15) is 0 Å². The topological polar surface area (TPSA) is 88.6 Å². The van der Waals surface area contributed by atoms with Crippen molar-refractivity contribution in [1.29, 1.82) is 0 Å². The van der Waals surface area contributed by atoms with Gasteiger partial charge in [0.2, 0.25) is 0 Å². The van der Waals surface area contributed by atoms with Crippen LogP contribution in [0.1, 0.15) is 5.56 Å². The van der Waals surface area contributed by atoms with Crippen LogP contribution in [0, 0.1) is 10.1 Å². The van der Waals surface area contributed by atoms with E-state index >= 15 is 0 Å². The normalized spacial score (nSPS) is 12.3. The lowest BCUT2D eigenvalue weighted by atomic mass is 10.2. The molecule has 2 rings (SSSR count). The fourth-order valence-corrected chi connectivity index (χ4v) is 2.37. The Morgan fingerprint density at radius 2 is 1.96 bits per heavy atom. The predicted octanol–water partition coefficient (Wildman–Crippen LogP) is 1.25. The van der Waals surface area contributed by atoms with Crippen LogP contribution in [0.3, 0.4) is 0 Å². The third kappa shape index (κ3) is 5.01. The van der Waals surface area contributed by atoms with Crippen LogP contribution >= 0.6 is 0 Å². The second kappa shape index (κ2) is 7.66. The first kappa shape index (κ1) is 16.9. The molecule has 0 radical (unpaired) electrons. The number of hydrogen-bond acceptors (Lipinski definition) is 5. The minimum Gasteiger partial charge on any atom is -0.390 e. The summed E-state index contributed by atoms with van der Waals surface area (Å²) in [5.41, 5.74) is 0.574. The Kier molecular flexibility index (Phi) is 5.61. The molecule has 1 aromatic carbocycles. The number of nitrogens with zero attached hydrogens (tertiary/aromatic N) is 3. The van der Waals surface area contributed by atoms with Crippen molar-refractivity contribution >= 4 is 5.69 Å². The molecule has 0 fully saturated rings. The Morgan fingerprint density at radius 3 is 2.61 bits per heavy atom. The molecular formula is C16H19N3O4. The maximum Gasteiger partial charge on any atom is 0.285 e. The molecule has 23 heavy (non-hydrogen) atoms. The lowest BCUT2D eigenvalue weighted by Crippen LogP contribution is -2.34. The summed E-state index contributed by atoms with van der Waals surface area (Å²) in [6.45, 7) is 1.03. The number of aromatic nitrogens is 1. The number of benzene rings is 1. The van der Waals surface area contributed by atoms with Crippen molar-refractivity contribution in [3.63, 3.8) is 0 Å². The molecule has 0 aliphatic rings. The minimum atomic E-state index is -0.802. The van der Waals surface area contributed by atoms with Crippen LogP contribution in [0.5, 0.6) is 0 Å². The van der Waals surface area contributed by atoms with Crippen LogP contribution in [-0.2, 0) is 13.1 Å². The van der Waals surface area contributed by atoms with Gasteiger partial charge in [-0.25, -0.2) is 0 Å². The molecule has 7 nitrogen and oxygen atoms in total. The van der Waals surface area contributed by atoms with Crippen LogP contribution in [0.4, 0.5) is 5.69 Å². The molecule has 1 aromatic heterocycles. The smallest absolute Gasteiger partial charge is 0.285 e. The van der Waals surface area contributed by atoms with E-state index in [9.17, 15) is 20.0 Å². The van der Waals surface area contributed by atoms with Gasteiger partial charge in [-0.1, -0.05) is 30.3 Å². The summed E-state index contributed by atoms with van der Waals surface area (Å²) in [4.78, 5) is 23.8. The summed E-state index contributed by atoms with van der Waals surface area (Å²) in [6, 6.07) is 12.1. The number of likely N-dealkylation sites (N-methyl/N-ethyl adjacent to an activating group) is 1. The van der Waals surface area contributed by atoms with Crippen molar-refractivity contribution < 1.29 is 10.0 Å². The molecule has 1 heterocycles. The highest BCUT2D eigenvalue weighted by molar-refractivity contribution is 5.24. The van der Waals surface area contributed by atoms with E-state index in [1.165, 1.54) is 4.57 Å². The first-order valence-corrected chi connectivity index (χ1v) is 7.21. The van der Waals surface area contributed by atoms with E-state index in [0.717, 1.165) is 23.9 Å². The van der Waals surface area contributed by atoms with Gasteiger partial charge < -0.3 is 9.67 Å². The average molecular weight is 317 g/mol. The zero-order valence-corrected chi connectivity index (χ0v) is 12.8. The summed E-state index contributed by atoms with van der Waals surface area (Å²) >= 11 is 0. The van der Waals surface area contributed by atoms with Gasteiger partial charge in [0, 0.05) is 25.2 Å². The summed E-state index contributed by atoms with van der Waals surface area (Å²) in [6.07, 6.45) is 0.353. The quantitative estimate of drug-likeness (QED) is 0.613. The number of aliphatic hydroxyl groups excluding tert-OH is 1. The van der Waals surface area contributed by atoms with E-state index < -0.39 is 11.0 Å². The van der Waals surface area contributed by atoms with Gasteiger partial charge in [-0.3, -0.25) is 19.8 Å². The Bertz CT molecular complexity index is 715. The monoisotopic (exact) mass is 317 g/mol. The molecule has 0 unspecified atom stereocenters. The summed E-state index contributed by atoms with van der Waals surface area (Å²) in [5.74, 6) is 0. The minimum absolute atomic E-state index is 0.0135. The van der Waals surface area contributed by atoms with Gasteiger partial charge in [-0.15, -0.1) is 0 Å². The molecule has 0 bridgehead atoms. The van der Waals surface area contributed by atoms with Crippen LogP contribution in [0.25, 0.3) is 0 Å². The zero-order valence-electron chi connectivity index (χ0n) is 12.8. The number of pyridine rings is 1. The lowest BCUT2D eigenvalue weighted by Gasteiger charge is -2.21. The second-order valence-corrected chi connectivity index (χ2v) is 5.47. The number of nitro groups is 1. The van der Waals surface area contributed by atoms with E-state index in [0.29, 0.717) is 13.1 Å². The molecule has 1 N–H and O–H groups in total. The van der Waals surface area contributed by atoms with E-state index in [-0.39, 0.29) is 17.8 Å². The Hall–Kier alpha value is -2.51. The van der Waals surface area contributed by atoms with E-state index in [2.05, 4.69) is 0 Å². The lowest BCUT2D eigenvalue weighted by molar-refractivity contribution is -0.385. The van der Waals surface area contributed by atoms with Crippen molar-refractivity contribution in [1.82, 2.24) is 9.47 Å². The van der Waals surface area contributed by atoms with Crippen molar-refractivity contribution in [2.24, 2.45) is 0 Å². The maximum atomic E-state index is 11.7. The second-order valence-electron chi connectivity index (χ2n) is 5.47. The van der Waals surface area contributed by atoms with Gasteiger partial charge in [0.1, 0.15) is 0 Å². The van der Waals surface area contributed by atoms with Crippen molar-refractivity contribution in [3.8, 4) is 0 Å². The molecule has 2 aromatic rings. The fourth-order valence-electron chi connectivity index (χ4n) is 2.37. The van der Waals surface area contributed by atoms with Crippen LogP contribution in [-0.4, -0.2) is 39.2 Å². The van der Waals surface area contributed by atoms with Gasteiger partial charge in [-0.05, 0) is 12.6 Å². The van der Waals surface area contributed by atoms with Gasteiger partial charge in [0.05, 0.1) is 23.8 Å². The fraction of sp³-hybridized carbons (Fsp3) is 0.312. The average Bonchev–Trinajstić information content (AvgIpc) is 2.50. The molecule has 7 heteroatoms. The van der Waals surface area contributed by atoms with Crippen LogP contribution < -0.4 is 5.56 Å². The standard InChI is InChI=1S/C16H19N3O4/c1-17(9-13-5-3-2-4-6-13)11-15(20)12-18-10-14(19(22)23)7-8-16(18)21/h2-8,10,15,20H,9,11-12H2,1H3/t15-/m1/s1. The molecule has 0 saturated heterocycles. The highest BCUT2D eigenvalue weighted by Crippen LogP contribution is 2.08. The molecule has 0 spiro atoms. The summed E-state index contributed by atoms with van der Waals surface area (Å²) in [5, 5.41) is 20.9. The van der Waals surface area contributed by atoms with Gasteiger partial charge in [0.25, 0.3) is 11.2 Å². The molecule has 122 valence electrons. The molecule has 1 atom stereocenters. The third-order valence-corrected chi connectivity index (χ3v) is 3.40. The summed E-state index contributed by atoms with van der Waals surface area (Å²) in [7, 11) is 1.87. The SMILES string of the molecule is CN(Cc1ccccc1)C[C@@H](O)Cn1cc([N+](=O)[O-])ccc1=O. The zero-order chi connectivity index (χ0) is 16.8. The predicted molar refractivity (Wildman–Crippen MR) is 86.1 cm³/mol. The molecule has 0 saturated carbocycles. The first-order chi connectivity index (χ1) is 11.0. The number of hydrogen-bond donors (Lipinski definition) is 1. The highest BCUT2D eigenvalue weighted by Gasteiger charge is 2.13. The van der Waals surface area contributed by atoms with Gasteiger partial charge >= 0.3 is 0 Å². The van der Waals surface area contributed by atoms with E-state index in [4.69, 9.17) is 0 Å². The molecule has 0 aliphatic heterocycles. The Balaban J connectivity index is 1.96. The van der Waals surface area contributed by atoms with E-state index in [1.54, 1.807) is 0 Å². The molecule has 0 amide bonds. The van der Waals surface area contributed by atoms with Crippen LogP contribution in [0.2, 0.25) is 0 Å². The first-order valence-electron chi connectivity index (χ1n) is 7.21. The Morgan fingerprint density at radius 1 is 1.26 bits per heavy atom. The third-order valence-electron chi connectivity index (χ3n) is 3.40. The Labute approximate surface area is 133 Å². The van der Waals surface area contributed by atoms with Crippen molar-refractivity contribution in [3.05, 3.63) is 74.7 Å². The van der Waals surface area contributed by atoms with Gasteiger partial charge in [0.15, 0.2) is 0 Å². The largest absolute Gasteiger partial charge is 0.390 e. The molecule has 0 aliphatic carbocycles. The maximum absolute atomic E-state index is 11.7. The van der Waals surface area contributed by atoms with E-state index in [1.807, 2.05) is 42.3 Å². The van der Waals surface area contributed by atoms with Crippen molar-refractivity contribution in [2.45, 2.75) is 19.2 Å². The molecular weight excluding hydrogens is 298 g/mol. The highest BCUT2D eigenvalue weighted by atomic mass is 16.6. The summed E-state index contributed by atoms with van der Waals surface area (Å²) < 4.78 is 1.17. The van der Waals surface area contributed by atoms with Crippen LogP contribution in [0.15, 0.2) is 53.5 Å².